The maximum atomic E-state index is 5.70. The Bertz CT molecular complexity index is 366. The standard InChI is InChI=1S/C11H16N4/c1-8-2-4-9(5-3-8)6-15-7-10(12)11(13)14-15/h2-5,14H,6-7,12-13H2,1H3. The molecule has 1 aromatic carbocycles. The first-order chi connectivity index (χ1) is 7.15. The molecular weight excluding hydrogens is 188 g/mol. The molecule has 0 atom stereocenters. The van der Waals surface area contributed by atoms with Crippen LogP contribution in [0.4, 0.5) is 0 Å². The van der Waals surface area contributed by atoms with Gasteiger partial charge in [-0.1, -0.05) is 29.8 Å². The van der Waals surface area contributed by atoms with Crippen LogP contribution in [0.3, 0.4) is 0 Å². The van der Waals surface area contributed by atoms with Crippen molar-refractivity contribution < 1.29 is 0 Å². The van der Waals surface area contributed by atoms with Crippen LogP contribution >= 0.6 is 0 Å². The van der Waals surface area contributed by atoms with E-state index in [0.29, 0.717) is 18.1 Å². The van der Waals surface area contributed by atoms with Crippen molar-refractivity contribution in [3.05, 3.63) is 46.9 Å². The Balaban J connectivity index is 1.97. The van der Waals surface area contributed by atoms with E-state index < -0.39 is 0 Å². The van der Waals surface area contributed by atoms with Gasteiger partial charge >= 0.3 is 0 Å². The lowest BCUT2D eigenvalue weighted by molar-refractivity contribution is 0.246. The number of aryl methyl sites for hydroxylation is 1. The summed E-state index contributed by atoms with van der Waals surface area (Å²) in [5.74, 6) is 0.571. The van der Waals surface area contributed by atoms with Gasteiger partial charge in [-0.15, -0.1) is 0 Å². The Hall–Kier alpha value is -1.68. The molecule has 1 heterocycles. The largest absolute Gasteiger partial charge is 0.398 e. The van der Waals surface area contributed by atoms with E-state index in [0.717, 1.165) is 6.54 Å². The molecule has 0 saturated carbocycles. The number of benzene rings is 1. The number of rotatable bonds is 2. The third kappa shape index (κ3) is 2.22. The van der Waals surface area contributed by atoms with Gasteiger partial charge in [0.25, 0.3) is 0 Å². The van der Waals surface area contributed by atoms with E-state index >= 15 is 0 Å². The normalized spacial score (nSPS) is 16.9. The molecule has 0 fully saturated rings. The number of nitrogens with two attached hydrogens (primary N) is 2. The van der Waals surface area contributed by atoms with Gasteiger partial charge in [-0.05, 0) is 12.5 Å². The average Bonchev–Trinajstić information content (AvgIpc) is 2.50. The van der Waals surface area contributed by atoms with Crippen molar-refractivity contribution in [2.75, 3.05) is 6.54 Å². The molecule has 1 aromatic rings. The minimum Gasteiger partial charge on any atom is -0.398 e. The van der Waals surface area contributed by atoms with E-state index in [1.165, 1.54) is 11.1 Å². The first-order valence-corrected chi connectivity index (χ1v) is 4.96. The minimum atomic E-state index is 0.571. The summed E-state index contributed by atoms with van der Waals surface area (Å²) in [6.45, 7) is 3.57. The van der Waals surface area contributed by atoms with Gasteiger partial charge in [0.1, 0.15) is 5.82 Å². The smallest absolute Gasteiger partial charge is 0.131 e. The number of nitrogens with one attached hydrogen (secondary N) is 1. The molecule has 0 radical (unpaired) electrons. The summed E-state index contributed by atoms with van der Waals surface area (Å²) < 4.78 is 0. The van der Waals surface area contributed by atoms with E-state index in [4.69, 9.17) is 11.5 Å². The van der Waals surface area contributed by atoms with Crippen LogP contribution in [-0.4, -0.2) is 11.6 Å². The summed E-state index contributed by atoms with van der Waals surface area (Å²) in [7, 11) is 0. The molecule has 0 saturated heterocycles. The summed E-state index contributed by atoms with van der Waals surface area (Å²) in [6.07, 6.45) is 0. The van der Waals surface area contributed by atoms with Crippen molar-refractivity contribution >= 4 is 0 Å². The van der Waals surface area contributed by atoms with E-state index in [9.17, 15) is 0 Å². The fourth-order valence-electron chi connectivity index (χ4n) is 1.58. The Labute approximate surface area is 89.5 Å². The van der Waals surface area contributed by atoms with Crippen molar-refractivity contribution in [2.45, 2.75) is 13.5 Å². The van der Waals surface area contributed by atoms with Crippen molar-refractivity contribution in [1.29, 1.82) is 0 Å². The topological polar surface area (TPSA) is 67.3 Å². The van der Waals surface area contributed by atoms with Crippen LogP contribution in [0.5, 0.6) is 0 Å². The lowest BCUT2D eigenvalue weighted by Crippen LogP contribution is -2.33. The fourth-order valence-corrected chi connectivity index (χ4v) is 1.58. The molecule has 4 nitrogen and oxygen atoms in total. The highest BCUT2D eigenvalue weighted by atomic mass is 15.5. The average molecular weight is 204 g/mol. The monoisotopic (exact) mass is 204 g/mol. The van der Waals surface area contributed by atoms with Gasteiger partial charge in [0, 0.05) is 6.54 Å². The third-order valence-corrected chi connectivity index (χ3v) is 2.48. The van der Waals surface area contributed by atoms with Crippen LogP contribution in [0.2, 0.25) is 0 Å². The maximum absolute atomic E-state index is 5.70. The van der Waals surface area contributed by atoms with Crippen LogP contribution < -0.4 is 16.9 Å². The quantitative estimate of drug-likeness (QED) is 0.652. The summed E-state index contributed by atoms with van der Waals surface area (Å²) >= 11 is 0. The second-order valence-electron chi connectivity index (χ2n) is 3.89. The maximum Gasteiger partial charge on any atom is 0.131 e. The first kappa shape index (κ1) is 9.86. The molecule has 15 heavy (non-hydrogen) atoms. The minimum absolute atomic E-state index is 0.571. The zero-order valence-corrected chi connectivity index (χ0v) is 8.83. The fraction of sp³-hybridized carbons (Fsp3) is 0.273. The van der Waals surface area contributed by atoms with E-state index in [2.05, 4.69) is 36.6 Å². The molecule has 5 N–H and O–H groups in total. The van der Waals surface area contributed by atoms with Gasteiger partial charge in [0.15, 0.2) is 0 Å². The molecule has 0 unspecified atom stereocenters. The third-order valence-electron chi connectivity index (χ3n) is 2.48. The Morgan fingerprint density at radius 1 is 1.27 bits per heavy atom. The van der Waals surface area contributed by atoms with Gasteiger partial charge in [0.05, 0.1) is 12.2 Å². The van der Waals surface area contributed by atoms with Crippen molar-refractivity contribution in [2.24, 2.45) is 11.5 Å². The molecule has 0 amide bonds. The molecule has 0 spiro atoms. The second kappa shape index (κ2) is 3.82. The van der Waals surface area contributed by atoms with Crippen LogP contribution in [-0.2, 0) is 6.54 Å². The van der Waals surface area contributed by atoms with Crippen LogP contribution in [0.1, 0.15) is 11.1 Å². The lowest BCUT2D eigenvalue weighted by Gasteiger charge is -2.16. The molecule has 0 aliphatic carbocycles. The Kier molecular flexibility index (Phi) is 2.51. The second-order valence-corrected chi connectivity index (χ2v) is 3.89. The van der Waals surface area contributed by atoms with Gasteiger partial charge < -0.3 is 16.9 Å². The van der Waals surface area contributed by atoms with Gasteiger partial charge in [-0.2, -0.15) is 0 Å². The summed E-state index contributed by atoms with van der Waals surface area (Å²) in [6, 6.07) is 8.43. The molecule has 4 heteroatoms. The highest BCUT2D eigenvalue weighted by Gasteiger charge is 2.16. The highest BCUT2D eigenvalue weighted by molar-refractivity contribution is 5.22. The lowest BCUT2D eigenvalue weighted by atomic mass is 10.1. The van der Waals surface area contributed by atoms with Gasteiger partial charge in [-0.25, -0.2) is 5.01 Å². The Morgan fingerprint density at radius 3 is 2.47 bits per heavy atom. The SMILES string of the molecule is Cc1ccc(CN2CC(N)=C(N)N2)cc1. The summed E-state index contributed by atoms with van der Waals surface area (Å²) in [5.41, 5.74) is 17.6. The van der Waals surface area contributed by atoms with Crippen LogP contribution in [0.25, 0.3) is 0 Å². The number of hydrazine groups is 1. The van der Waals surface area contributed by atoms with E-state index in [1.807, 2.05) is 5.01 Å². The van der Waals surface area contributed by atoms with Crippen LogP contribution in [0.15, 0.2) is 35.8 Å². The van der Waals surface area contributed by atoms with Crippen molar-refractivity contribution in [3.63, 3.8) is 0 Å². The molecule has 1 aliphatic heterocycles. The van der Waals surface area contributed by atoms with Crippen molar-refractivity contribution in [1.82, 2.24) is 10.4 Å². The van der Waals surface area contributed by atoms with E-state index in [-0.39, 0.29) is 0 Å². The number of hydrogen-bond donors (Lipinski definition) is 3. The predicted octanol–water partition coefficient (Wildman–Crippen LogP) is 0.402. The van der Waals surface area contributed by atoms with Gasteiger partial charge in [0.2, 0.25) is 0 Å². The molecule has 0 aromatic heterocycles. The van der Waals surface area contributed by atoms with Gasteiger partial charge in [-0.3, -0.25) is 0 Å². The van der Waals surface area contributed by atoms with Crippen molar-refractivity contribution in [3.8, 4) is 0 Å². The molecule has 0 bridgehead atoms. The predicted molar refractivity (Wildman–Crippen MR) is 60.1 cm³/mol. The van der Waals surface area contributed by atoms with Crippen LogP contribution in [0, 0.1) is 6.92 Å². The molecule has 80 valence electrons. The Morgan fingerprint density at radius 2 is 1.93 bits per heavy atom. The number of hydrogen-bond acceptors (Lipinski definition) is 4. The molecule has 2 rings (SSSR count). The first-order valence-electron chi connectivity index (χ1n) is 4.96. The summed E-state index contributed by atoms with van der Waals surface area (Å²) in [4.78, 5) is 0. The zero-order valence-electron chi connectivity index (χ0n) is 8.83. The van der Waals surface area contributed by atoms with E-state index in [1.54, 1.807) is 0 Å². The summed E-state index contributed by atoms with van der Waals surface area (Å²) in [5, 5.41) is 2.00. The number of nitrogens with zero attached hydrogens (tertiary/aromatic N) is 1. The molecular formula is C11H16N4. The zero-order chi connectivity index (χ0) is 10.8. The molecule has 1 aliphatic rings. The highest BCUT2D eigenvalue weighted by Crippen LogP contribution is 2.10.